The SMILES string of the molecule is CC1CCCC(NC(=O)c2ccc(NC(=O)c3cc(C4CC4)on3)cc2Br)C1. The van der Waals surface area contributed by atoms with Gasteiger partial charge in [-0.3, -0.25) is 9.59 Å². The van der Waals surface area contributed by atoms with Crippen LogP contribution in [0.4, 0.5) is 5.69 Å². The van der Waals surface area contributed by atoms with Crippen molar-refractivity contribution in [2.24, 2.45) is 5.92 Å². The van der Waals surface area contributed by atoms with Crippen LogP contribution in [0.15, 0.2) is 33.3 Å². The molecule has 0 aliphatic heterocycles. The minimum absolute atomic E-state index is 0.0885. The van der Waals surface area contributed by atoms with E-state index >= 15 is 0 Å². The van der Waals surface area contributed by atoms with Crippen LogP contribution in [-0.2, 0) is 0 Å². The van der Waals surface area contributed by atoms with Crippen molar-refractivity contribution < 1.29 is 14.1 Å². The summed E-state index contributed by atoms with van der Waals surface area (Å²) < 4.78 is 5.87. The van der Waals surface area contributed by atoms with Crippen molar-refractivity contribution in [3.63, 3.8) is 0 Å². The van der Waals surface area contributed by atoms with Gasteiger partial charge in [-0.2, -0.15) is 0 Å². The van der Waals surface area contributed by atoms with Crippen LogP contribution < -0.4 is 10.6 Å². The van der Waals surface area contributed by atoms with E-state index in [4.69, 9.17) is 4.52 Å². The first-order chi connectivity index (χ1) is 13.5. The Hall–Kier alpha value is -2.15. The lowest BCUT2D eigenvalue weighted by atomic mass is 9.87. The molecule has 1 heterocycles. The molecule has 7 heteroatoms. The van der Waals surface area contributed by atoms with Gasteiger partial charge in [0, 0.05) is 28.2 Å². The number of hydrogen-bond donors (Lipinski definition) is 2. The third kappa shape index (κ3) is 4.46. The summed E-state index contributed by atoms with van der Waals surface area (Å²) in [7, 11) is 0. The molecule has 148 valence electrons. The second-order valence-corrected chi connectivity index (χ2v) is 8.83. The molecule has 1 aromatic carbocycles. The highest BCUT2D eigenvalue weighted by molar-refractivity contribution is 9.10. The molecule has 2 aliphatic rings. The molecule has 2 aliphatic carbocycles. The first-order valence-corrected chi connectivity index (χ1v) is 10.7. The average Bonchev–Trinajstić information content (AvgIpc) is 3.38. The van der Waals surface area contributed by atoms with Crippen LogP contribution in [0.1, 0.15) is 78.0 Å². The van der Waals surface area contributed by atoms with Crippen molar-refractivity contribution in [2.45, 2.75) is 57.4 Å². The number of nitrogens with one attached hydrogen (secondary N) is 2. The monoisotopic (exact) mass is 445 g/mol. The zero-order chi connectivity index (χ0) is 19.7. The predicted octanol–water partition coefficient (Wildman–Crippen LogP) is 4.88. The summed E-state index contributed by atoms with van der Waals surface area (Å²) in [6, 6.07) is 7.12. The van der Waals surface area contributed by atoms with Crippen LogP contribution in [-0.4, -0.2) is 23.0 Å². The maximum atomic E-state index is 12.6. The molecule has 2 fully saturated rings. The molecule has 0 spiro atoms. The number of anilines is 1. The molecule has 2 aromatic rings. The van der Waals surface area contributed by atoms with E-state index in [2.05, 4.69) is 38.6 Å². The standard InChI is InChI=1S/C21H24BrN3O3/c1-12-3-2-4-14(9-12)23-20(26)16-8-7-15(10-17(16)22)24-21(27)18-11-19(28-25-18)13-5-6-13/h7-8,10-14H,2-6,9H2,1H3,(H,23,26)(H,24,27). The number of aromatic nitrogens is 1. The summed E-state index contributed by atoms with van der Waals surface area (Å²) >= 11 is 3.46. The predicted molar refractivity (Wildman–Crippen MR) is 109 cm³/mol. The maximum Gasteiger partial charge on any atom is 0.277 e. The summed E-state index contributed by atoms with van der Waals surface area (Å²) in [5.74, 6) is 1.42. The van der Waals surface area contributed by atoms with Crippen molar-refractivity contribution in [1.82, 2.24) is 10.5 Å². The van der Waals surface area contributed by atoms with Crippen molar-refractivity contribution >= 4 is 33.4 Å². The fourth-order valence-electron chi connectivity index (χ4n) is 3.76. The lowest BCUT2D eigenvalue weighted by Crippen LogP contribution is -2.38. The van der Waals surface area contributed by atoms with E-state index < -0.39 is 0 Å². The summed E-state index contributed by atoms with van der Waals surface area (Å²) in [6.07, 6.45) is 6.63. The van der Waals surface area contributed by atoms with E-state index in [1.165, 1.54) is 6.42 Å². The van der Waals surface area contributed by atoms with Gasteiger partial charge in [0.2, 0.25) is 0 Å². The van der Waals surface area contributed by atoms with Gasteiger partial charge in [0.05, 0.1) is 5.56 Å². The maximum absolute atomic E-state index is 12.6. The molecule has 28 heavy (non-hydrogen) atoms. The van der Waals surface area contributed by atoms with E-state index in [0.29, 0.717) is 27.6 Å². The van der Waals surface area contributed by atoms with Gasteiger partial charge in [0.1, 0.15) is 5.76 Å². The van der Waals surface area contributed by atoms with Crippen LogP contribution in [0.5, 0.6) is 0 Å². The van der Waals surface area contributed by atoms with Crippen LogP contribution in [0.3, 0.4) is 0 Å². The van der Waals surface area contributed by atoms with Crippen molar-refractivity contribution in [1.29, 1.82) is 0 Å². The average molecular weight is 446 g/mol. The topological polar surface area (TPSA) is 84.2 Å². The van der Waals surface area contributed by atoms with Gasteiger partial charge >= 0.3 is 0 Å². The summed E-state index contributed by atoms with van der Waals surface area (Å²) in [6.45, 7) is 2.23. The van der Waals surface area contributed by atoms with Crippen LogP contribution in [0.25, 0.3) is 0 Å². The number of amides is 2. The molecule has 2 saturated carbocycles. The molecule has 2 atom stereocenters. The van der Waals surface area contributed by atoms with E-state index in [1.54, 1.807) is 24.3 Å². The zero-order valence-corrected chi connectivity index (χ0v) is 17.4. The van der Waals surface area contributed by atoms with Crippen LogP contribution >= 0.6 is 15.9 Å². The summed E-state index contributed by atoms with van der Waals surface area (Å²) in [4.78, 5) is 25.0. The van der Waals surface area contributed by atoms with Gasteiger partial charge in [-0.05, 0) is 65.7 Å². The molecular formula is C21H24BrN3O3. The highest BCUT2D eigenvalue weighted by Gasteiger charge is 2.29. The zero-order valence-electron chi connectivity index (χ0n) is 15.8. The van der Waals surface area contributed by atoms with Gasteiger partial charge in [0.15, 0.2) is 5.69 Å². The lowest BCUT2D eigenvalue weighted by Gasteiger charge is -2.27. The Morgan fingerprint density at radius 1 is 1.14 bits per heavy atom. The number of carbonyl (C=O) groups is 2. The van der Waals surface area contributed by atoms with E-state index in [1.807, 2.05) is 0 Å². The summed E-state index contributed by atoms with van der Waals surface area (Å²) in [5.41, 5.74) is 1.43. The number of rotatable bonds is 5. The second-order valence-electron chi connectivity index (χ2n) is 7.98. The van der Waals surface area contributed by atoms with Crippen molar-refractivity contribution in [3.05, 3.63) is 45.8 Å². The number of hydrogen-bond acceptors (Lipinski definition) is 4. The normalized spacial score (nSPS) is 21.9. The van der Waals surface area contributed by atoms with E-state index in [0.717, 1.165) is 37.9 Å². The Morgan fingerprint density at radius 2 is 1.96 bits per heavy atom. The first-order valence-electron chi connectivity index (χ1n) is 9.88. The van der Waals surface area contributed by atoms with Gasteiger partial charge in [0.25, 0.3) is 11.8 Å². The molecule has 0 saturated heterocycles. The highest BCUT2D eigenvalue weighted by Crippen LogP contribution is 2.40. The molecule has 0 radical (unpaired) electrons. The third-order valence-corrected chi connectivity index (χ3v) is 6.14. The van der Waals surface area contributed by atoms with E-state index in [9.17, 15) is 9.59 Å². The minimum Gasteiger partial charge on any atom is -0.360 e. The fraction of sp³-hybridized carbons (Fsp3) is 0.476. The van der Waals surface area contributed by atoms with Crippen LogP contribution in [0.2, 0.25) is 0 Å². The highest BCUT2D eigenvalue weighted by atomic mass is 79.9. The first kappa shape index (κ1) is 19.2. The number of nitrogens with zero attached hydrogens (tertiary/aromatic N) is 1. The third-order valence-electron chi connectivity index (χ3n) is 5.48. The molecule has 1 aromatic heterocycles. The van der Waals surface area contributed by atoms with Gasteiger partial charge in [-0.15, -0.1) is 0 Å². The Morgan fingerprint density at radius 3 is 2.68 bits per heavy atom. The molecule has 2 amide bonds. The van der Waals surface area contributed by atoms with Crippen molar-refractivity contribution in [2.75, 3.05) is 5.32 Å². The Labute approximate surface area is 172 Å². The fourth-order valence-corrected chi connectivity index (χ4v) is 4.32. The number of benzene rings is 1. The minimum atomic E-state index is -0.323. The number of halogens is 1. The lowest BCUT2D eigenvalue weighted by molar-refractivity contribution is 0.0920. The summed E-state index contributed by atoms with van der Waals surface area (Å²) in [5, 5.41) is 9.78. The van der Waals surface area contributed by atoms with Crippen LogP contribution in [0, 0.1) is 5.92 Å². The molecule has 2 unspecified atom stereocenters. The molecule has 0 bridgehead atoms. The van der Waals surface area contributed by atoms with Gasteiger partial charge < -0.3 is 15.2 Å². The molecule has 6 nitrogen and oxygen atoms in total. The Bertz CT molecular complexity index is 891. The second kappa shape index (κ2) is 8.07. The largest absolute Gasteiger partial charge is 0.360 e. The molecule has 4 rings (SSSR count). The van der Waals surface area contributed by atoms with E-state index in [-0.39, 0.29) is 23.6 Å². The number of carbonyl (C=O) groups excluding carboxylic acids is 2. The smallest absolute Gasteiger partial charge is 0.277 e. The molecular weight excluding hydrogens is 422 g/mol. The van der Waals surface area contributed by atoms with Crippen molar-refractivity contribution in [3.8, 4) is 0 Å². The van der Waals surface area contributed by atoms with Gasteiger partial charge in [-0.25, -0.2) is 0 Å². The Kier molecular flexibility index (Phi) is 5.53. The Balaban J connectivity index is 1.39. The van der Waals surface area contributed by atoms with Gasteiger partial charge in [-0.1, -0.05) is 24.9 Å². The molecule has 2 N–H and O–H groups in total. The quantitative estimate of drug-likeness (QED) is 0.686.